The maximum atomic E-state index is 11.8. The number of nitrogens with zero attached hydrogens (tertiary/aromatic N) is 2. The van der Waals surface area contributed by atoms with Crippen LogP contribution in [0.4, 0.5) is 9.59 Å². The van der Waals surface area contributed by atoms with Gasteiger partial charge in [0.2, 0.25) is 5.91 Å². The Morgan fingerprint density at radius 1 is 1.10 bits per heavy atom. The average Bonchev–Trinajstić information content (AvgIpc) is 2.57. The van der Waals surface area contributed by atoms with Crippen molar-refractivity contribution in [1.82, 2.24) is 15.1 Å². The Morgan fingerprint density at radius 2 is 1.70 bits per heavy atom. The van der Waals surface area contributed by atoms with Crippen LogP contribution in [0.25, 0.3) is 0 Å². The topological polar surface area (TPSA) is 113 Å². The highest BCUT2D eigenvalue weighted by Crippen LogP contribution is 2.11. The molecule has 1 heterocycles. The zero-order chi connectivity index (χ0) is 15.3. The molecule has 1 aliphatic heterocycles. The van der Waals surface area contributed by atoms with Crippen molar-refractivity contribution in [3.8, 4) is 0 Å². The summed E-state index contributed by atoms with van der Waals surface area (Å²) >= 11 is 0. The Hall–Kier alpha value is -2.45. The van der Waals surface area contributed by atoms with Crippen molar-refractivity contribution in [2.75, 3.05) is 19.7 Å². The second-order valence-corrected chi connectivity index (χ2v) is 3.90. The van der Waals surface area contributed by atoms with Gasteiger partial charge in [0.15, 0.2) is 0 Å². The largest absolute Gasteiger partial charge is 0.450 e. The highest BCUT2D eigenvalue weighted by Gasteiger charge is 2.44. The van der Waals surface area contributed by atoms with Gasteiger partial charge in [0, 0.05) is 6.54 Å². The minimum atomic E-state index is -1.08. The van der Waals surface area contributed by atoms with E-state index >= 15 is 0 Å². The summed E-state index contributed by atoms with van der Waals surface area (Å²) in [6.45, 7) is 2.76. The van der Waals surface area contributed by atoms with E-state index in [-0.39, 0.29) is 13.2 Å². The van der Waals surface area contributed by atoms with Gasteiger partial charge in [-0.05, 0) is 13.3 Å². The van der Waals surface area contributed by atoms with Gasteiger partial charge < -0.3 is 4.74 Å². The Balaban J connectivity index is 2.66. The molecule has 1 fully saturated rings. The molecule has 0 unspecified atom stereocenters. The fourth-order valence-electron chi connectivity index (χ4n) is 1.57. The Morgan fingerprint density at radius 3 is 2.25 bits per heavy atom. The maximum Gasteiger partial charge on any atom is 0.413 e. The third-order valence-electron chi connectivity index (χ3n) is 2.40. The van der Waals surface area contributed by atoms with Crippen molar-refractivity contribution in [2.45, 2.75) is 20.3 Å². The van der Waals surface area contributed by atoms with Crippen LogP contribution in [0.5, 0.6) is 0 Å². The molecular formula is C11H15N3O6. The number of urea groups is 1. The molecule has 9 nitrogen and oxygen atoms in total. The number of imide groups is 3. The third kappa shape index (κ3) is 3.31. The van der Waals surface area contributed by atoms with Gasteiger partial charge in [0.05, 0.1) is 6.61 Å². The molecule has 0 aliphatic carbocycles. The zero-order valence-electron chi connectivity index (χ0n) is 11.2. The van der Waals surface area contributed by atoms with Crippen LogP contribution in [0.3, 0.4) is 0 Å². The summed E-state index contributed by atoms with van der Waals surface area (Å²) in [5, 5.41) is 1.83. The van der Waals surface area contributed by atoms with Crippen molar-refractivity contribution in [3.63, 3.8) is 0 Å². The van der Waals surface area contributed by atoms with Crippen molar-refractivity contribution >= 4 is 29.8 Å². The molecule has 1 saturated heterocycles. The Bertz CT molecular complexity index is 461. The number of hydrogen-bond acceptors (Lipinski definition) is 6. The van der Waals surface area contributed by atoms with E-state index in [0.29, 0.717) is 11.3 Å². The maximum absolute atomic E-state index is 11.8. The minimum absolute atomic E-state index is 0.0729. The molecule has 0 radical (unpaired) electrons. The van der Waals surface area contributed by atoms with Crippen LogP contribution >= 0.6 is 0 Å². The van der Waals surface area contributed by atoms with Crippen molar-refractivity contribution < 1.29 is 28.7 Å². The standard InChI is InChI=1S/C11H15N3O6/c1-3-5-13-8(16)9(17)14(11(13)19)6-7(15)12-10(18)20-4-2/h3-6H2,1-2H3,(H,12,15,18). The number of carbonyl (C=O) groups is 5. The smallest absolute Gasteiger partial charge is 0.413 e. The highest BCUT2D eigenvalue weighted by atomic mass is 16.5. The van der Waals surface area contributed by atoms with Gasteiger partial charge in [0.25, 0.3) is 0 Å². The van der Waals surface area contributed by atoms with Gasteiger partial charge in [-0.3, -0.25) is 24.6 Å². The van der Waals surface area contributed by atoms with Crippen LogP contribution in [-0.2, 0) is 19.1 Å². The Kier molecular flexibility index (Phi) is 5.18. The molecule has 0 aromatic rings. The quantitative estimate of drug-likeness (QED) is 0.536. The van der Waals surface area contributed by atoms with E-state index in [1.165, 1.54) is 0 Å². The number of ether oxygens (including phenoxy) is 1. The van der Waals surface area contributed by atoms with Crippen LogP contribution in [0.2, 0.25) is 0 Å². The second-order valence-electron chi connectivity index (χ2n) is 3.90. The van der Waals surface area contributed by atoms with Crippen LogP contribution in [0, 0.1) is 0 Å². The molecule has 110 valence electrons. The molecule has 0 aromatic heterocycles. The molecule has 6 amide bonds. The molecule has 0 bridgehead atoms. The van der Waals surface area contributed by atoms with Crippen molar-refractivity contribution in [1.29, 1.82) is 0 Å². The monoisotopic (exact) mass is 285 g/mol. The highest BCUT2D eigenvalue weighted by molar-refractivity contribution is 6.45. The summed E-state index contributed by atoms with van der Waals surface area (Å²) in [7, 11) is 0. The number of rotatable bonds is 5. The number of amides is 6. The van der Waals surface area contributed by atoms with E-state index < -0.39 is 36.4 Å². The molecular weight excluding hydrogens is 270 g/mol. The second kappa shape index (κ2) is 6.64. The lowest BCUT2D eigenvalue weighted by Crippen LogP contribution is -2.43. The molecule has 0 aromatic carbocycles. The molecule has 1 N–H and O–H groups in total. The lowest BCUT2D eigenvalue weighted by molar-refractivity contribution is -0.144. The molecule has 1 aliphatic rings. The SMILES string of the molecule is CCCN1C(=O)C(=O)N(CC(=O)NC(=O)OCC)C1=O. The predicted molar refractivity (Wildman–Crippen MR) is 64.3 cm³/mol. The molecule has 0 spiro atoms. The fourth-order valence-corrected chi connectivity index (χ4v) is 1.57. The summed E-state index contributed by atoms with van der Waals surface area (Å²) in [6, 6.07) is -0.860. The number of hydrogen-bond donors (Lipinski definition) is 1. The van der Waals surface area contributed by atoms with Crippen LogP contribution < -0.4 is 5.32 Å². The first-order chi connectivity index (χ1) is 9.42. The number of alkyl carbamates (subject to hydrolysis) is 1. The minimum Gasteiger partial charge on any atom is -0.450 e. The first-order valence-corrected chi connectivity index (χ1v) is 6.06. The normalized spacial score (nSPS) is 14.8. The van der Waals surface area contributed by atoms with E-state index in [2.05, 4.69) is 4.74 Å². The summed E-state index contributed by atoms with van der Waals surface area (Å²) in [5.41, 5.74) is 0. The van der Waals surface area contributed by atoms with E-state index in [4.69, 9.17) is 0 Å². The van der Waals surface area contributed by atoms with Gasteiger partial charge in [-0.15, -0.1) is 0 Å². The van der Waals surface area contributed by atoms with E-state index in [1.807, 2.05) is 5.32 Å². The fraction of sp³-hybridized carbons (Fsp3) is 0.545. The molecule has 0 atom stereocenters. The van der Waals surface area contributed by atoms with Gasteiger partial charge >= 0.3 is 23.9 Å². The molecule has 9 heteroatoms. The van der Waals surface area contributed by atoms with Crippen LogP contribution in [-0.4, -0.2) is 59.3 Å². The first-order valence-electron chi connectivity index (χ1n) is 6.06. The van der Waals surface area contributed by atoms with Gasteiger partial charge in [-0.2, -0.15) is 0 Å². The van der Waals surface area contributed by atoms with Crippen molar-refractivity contribution in [3.05, 3.63) is 0 Å². The third-order valence-corrected chi connectivity index (χ3v) is 2.40. The first kappa shape index (κ1) is 15.6. The van der Waals surface area contributed by atoms with E-state index in [1.54, 1.807) is 13.8 Å². The zero-order valence-corrected chi connectivity index (χ0v) is 11.2. The summed E-state index contributed by atoms with van der Waals surface area (Å²) < 4.78 is 4.47. The Labute approximate surface area is 114 Å². The average molecular weight is 285 g/mol. The summed E-state index contributed by atoms with van der Waals surface area (Å²) in [4.78, 5) is 58.6. The molecule has 20 heavy (non-hydrogen) atoms. The van der Waals surface area contributed by atoms with Gasteiger partial charge in [0.1, 0.15) is 6.54 Å². The van der Waals surface area contributed by atoms with Gasteiger partial charge in [-0.25, -0.2) is 14.5 Å². The van der Waals surface area contributed by atoms with E-state index in [9.17, 15) is 24.0 Å². The van der Waals surface area contributed by atoms with Crippen LogP contribution in [0.15, 0.2) is 0 Å². The van der Waals surface area contributed by atoms with Crippen molar-refractivity contribution in [2.24, 2.45) is 0 Å². The predicted octanol–water partition coefficient (Wildman–Crippen LogP) is -0.540. The van der Waals surface area contributed by atoms with Gasteiger partial charge in [-0.1, -0.05) is 6.92 Å². The molecule has 0 saturated carbocycles. The lowest BCUT2D eigenvalue weighted by atomic mass is 10.4. The molecule has 1 rings (SSSR count). The summed E-state index contributed by atoms with van der Waals surface area (Å²) in [5.74, 6) is -2.96. The number of carbonyl (C=O) groups excluding carboxylic acids is 5. The summed E-state index contributed by atoms with van der Waals surface area (Å²) in [6.07, 6.45) is -0.485. The lowest BCUT2D eigenvalue weighted by Gasteiger charge is -2.14. The number of nitrogens with one attached hydrogen (secondary N) is 1. The van der Waals surface area contributed by atoms with E-state index in [0.717, 1.165) is 4.90 Å². The van der Waals surface area contributed by atoms with Crippen LogP contribution in [0.1, 0.15) is 20.3 Å².